The number of para-hydroxylation sites is 2. The molecule has 1 N–H and O–H groups in total. The van der Waals surface area contributed by atoms with Gasteiger partial charge in [0.2, 0.25) is 0 Å². The molecule has 2 aromatic rings. The van der Waals surface area contributed by atoms with Gasteiger partial charge in [0.1, 0.15) is 6.10 Å². The lowest BCUT2D eigenvalue weighted by Crippen LogP contribution is -2.21. The Morgan fingerprint density at radius 1 is 1.00 bits per heavy atom. The molecule has 0 aromatic heterocycles. The van der Waals surface area contributed by atoms with Gasteiger partial charge in [-0.05, 0) is 30.7 Å². The summed E-state index contributed by atoms with van der Waals surface area (Å²) >= 11 is 0. The Bertz CT molecular complexity index is 564. The smallest absolute Gasteiger partial charge is 0.162 e. The zero-order chi connectivity index (χ0) is 14.5. The zero-order valence-corrected chi connectivity index (χ0v) is 12.3. The average Bonchev–Trinajstić information content (AvgIpc) is 3.08. The third kappa shape index (κ3) is 3.19. The minimum absolute atomic E-state index is 0.0532. The first-order chi connectivity index (χ1) is 10.4. The molecule has 0 bridgehead atoms. The van der Waals surface area contributed by atoms with Gasteiger partial charge in [-0.25, -0.2) is 0 Å². The van der Waals surface area contributed by atoms with Crippen LogP contribution in [0.15, 0.2) is 54.6 Å². The highest BCUT2D eigenvalue weighted by Crippen LogP contribution is 2.35. The van der Waals surface area contributed by atoms with Crippen LogP contribution in [0.5, 0.6) is 11.5 Å². The number of hydrogen-bond acceptors (Lipinski definition) is 3. The summed E-state index contributed by atoms with van der Waals surface area (Å²) in [5, 5.41) is 3.43. The standard InChI is InChI=1S/C18H21NO2/c1-20-16-9-5-6-10-17(16)21-18(15-11-12-19-13-15)14-7-3-2-4-8-14/h2-10,15,18-19H,11-13H2,1H3. The molecular formula is C18H21NO2. The van der Waals surface area contributed by atoms with Crippen molar-refractivity contribution in [3.05, 3.63) is 60.2 Å². The van der Waals surface area contributed by atoms with Crippen LogP contribution in [0.25, 0.3) is 0 Å². The van der Waals surface area contributed by atoms with E-state index in [2.05, 4.69) is 29.6 Å². The van der Waals surface area contributed by atoms with Gasteiger partial charge in [0.05, 0.1) is 7.11 Å². The fourth-order valence-corrected chi connectivity index (χ4v) is 2.87. The lowest BCUT2D eigenvalue weighted by molar-refractivity contribution is 0.139. The summed E-state index contributed by atoms with van der Waals surface area (Å²) in [6, 6.07) is 18.3. The Labute approximate surface area is 125 Å². The Morgan fingerprint density at radius 2 is 1.71 bits per heavy atom. The number of ether oxygens (including phenoxy) is 2. The van der Waals surface area contributed by atoms with Crippen LogP contribution in [0.3, 0.4) is 0 Å². The van der Waals surface area contributed by atoms with E-state index in [1.165, 1.54) is 5.56 Å². The zero-order valence-electron chi connectivity index (χ0n) is 12.3. The maximum atomic E-state index is 6.34. The number of benzene rings is 2. The molecule has 0 aliphatic carbocycles. The van der Waals surface area contributed by atoms with E-state index >= 15 is 0 Å². The van der Waals surface area contributed by atoms with Crippen molar-refractivity contribution < 1.29 is 9.47 Å². The van der Waals surface area contributed by atoms with Crippen molar-refractivity contribution in [3.63, 3.8) is 0 Å². The second kappa shape index (κ2) is 6.64. The van der Waals surface area contributed by atoms with E-state index in [9.17, 15) is 0 Å². The Kier molecular flexibility index (Phi) is 4.41. The van der Waals surface area contributed by atoms with Crippen LogP contribution < -0.4 is 14.8 Å². The van der Waals surface area contributed by atoms with Gasteiger partial charge in [-0.15, -0.1) is 0 Å². The predicted octanol–water partition coefficient (Wildman–Crippen LogP) is 3.42. The van der Waals surface area contributed by atoms with Crippen LogP contribution in [0.2, 0.25) is 0 Å². The van der Waals surface area contributed by atoms with Crippen molar-refractivity contribution in [2.24, 2.45) is 5.92 Å². The van der Waals surface area contributed by atoms with Crippen LogP contribution in [0, 0.1) is 5.92 Å². The number of methoxy groups -OCH3 is 1. The number of nitrogens with one attached hydrogen (secondary N) is 1. The topological polar surface area (TPSA) is 30.5 Å². The maximum absolute atomic E-state index is 6.34. The summed E-state index contributed by atoms with van der Waals surface area (Å²) in [6.45, 7) is 2.05. The van der Waals surface area contributed by atoms with Crippen molar-refractivity contribution >= 4 is 0 Å². The molecular weight excluding hydrogens is 262 g/mol. The van der Waals surface area contributed by atoms with Crippen molar-refractivity contribution in [1.29, 1.82) is 0 Å². The SMILES string of the molecule is COc1ccccc1OC(c1ccccc1)C1CCNC1. The van der Waals surface area contributed by atoms with Crippen molar-refractivity contribution in [2.45, 2.75) is 12.5 Å². The first kappa shape index (κ1) is 14.0. The molecule has 0 radical (unpaired) electrons. The van der Waals surface area contributed by atoms with Gasteiger partial charge >= 0.3 is 0 Å². The first-order valence-corrected chi connectivity index (χ1v) is 7.44. The van der Waals surface area contributed by atoms with Gasteiger partial charge in [0, 0.05) is 12.5 Å². The van der Waals surface area contributed by atoms with E-state index < -0.39 is 0 Å². The van der Waals surface area contributed by atoms with Gasteiger partial charge in [0.15, 0.2) is 11.5 Å². The molecule has 21 heavy (non-hydrogen) atoms. The third-order valence-electron chi connectivity index (χ3n) is 3.98. The molecule has 3 heteroatoms. The maximum Gasteiger partial charge on any atom is 0.162 e. The summed E-state index contributed by atoms with van der Waals surface area (Å²) < 4.78 is 11.7. The van der Waals surface area contributed by atoms with E-state index in [0.717, 1.165) is 31.0 Å². The molecule has 1 saturated heterocycles. The fraction of sp³-hybridized carbons (Fsp3) is 0.333. The van der Waals surface area contributed by atoms with Crippen molar-refractivity contribution in [3.8, 4) is 11.5 Å². The van der Waals surface area contributed by atoms with E-state index in [1.807, 2.05) is 30.3 Å². The van der Waals surface area contributed by atoms with Crippen LogP contribution >= 0.6 is 0 Å². The molecule has 1 aliphatic heterocycles. The normalized spacial score (nSPS) is 19.2. The Hall–Kier alpha value is -2.00. The average molecular weight is 283 g/mol. The fourth-order valence-electron chi connectivity index (χ4n) is 2.87. The second-order valence-electron chi connectivity index (χ2n) is 5.35. The van der Waals surface area contributed by atoms with Crippen molar-refractivity contribution in [2.75, 3.05) is 20.2 Å². The highest BCUT2D eigenvalue weighted by molar-refractivity contribution is 5.40. The molecule has 2 atom stereocenters. The van der Waals surface area contributed by atoms with Gasteiger partial charge in [0.25, 0.3) is 0 Å². The summed E-state index contributed by atoms with van der Waals surface area (Å²) in [5.41, 5.74) is 1.22. The minimum atomic E-state index is 0.0532. The lowest BCUT2D eigenvalue weighted by atomic mass is 9.95. The third-order valence-corrected chi connectivity index (χ3v) is 3.98. The van der Waals surface area contributed by atoms with Crippen LogP contribution in [0.1, 0.15) is 18.1 Å². The largest absolute Gasteiger partial charge is 0.493 e. The summed E-state index contributed by atoms with van der Waals surface area (Å²) in [7, 11) is 1.68. The molecule has 2 unspecified atom stereocenters. The highest BCUT2D eigenvalue weighted by atomic mass is 16.5. The van der Waals surface area contributed by atoms with E-state index in [1.54, 1.807) is 7.11 Å². The van der Waals surface area contributed by atoms with Crippen molar-refractivity contribution in [1.82, 2.24) is 5.32 Å². The quantitative estimate of drug-likeness (QED) is 0.912. The summed E-state index contributed by atoms with van der Waals surface area (Å²) in [5.74, 6) is 2.07. The van der Waals surface area contributed by atoms with E-state index in [0.29, 0.717) is 5.92 Å². The molecule has 110 valence electrons. The monoisotopic (exact) mass is 283 g/mol. The molecule has 3 nitrogen and oxygen atoms in total. The Balaban J connectivity index is 1.88. The van der Waals surface area contributed by atoms with E-state index in [-0.39, 0.29) is 6.10 Å². The van der Waals surface area contributed by atoms with Crippen LogP contribution in [-0.4, -0.2) is 20.2 Å². The Morgan fingerprint density at radius 3 is 2.38 bits per heavy atom. The molecule has 0 spiro atoms. The molecule has 1 heterocycles. The predicted molar refractivity (Wildman–Crippen MR) is 83.8 cm³/mol. The van der Waals surface area contributed by atoms with Gasteiger partial charge in [-0.1, -0.05) is 42.5 Å². The van der Waals surface area contributed by atoms with Gasteiger partial charge in [-0.2, -0.15) is 0 Å². The second-order valence-corrected chi connectivity index (χ2v) is 5.35. The minimum Gasteiger partial charge on any atom is -0.493 e. The summed E-state index contributed by atoms with van der Waals surface area (Å²) in [6.07, 6.45) is 1.19. The molecule has 3 rings (SSSR count). The van der Waals surface area contributed by atoms with Gasteiger partial charge < -0.3 is 14.8 Å². The number of hydrogen-bond donors (Lipinski definition) is 1. The summed E-state index contributed by atoms with van der Waals surface area (Å²) in [4.78, 5) is 0. The van der Waals surface area contributed by atoms with Crippen LogP contribution in [0.4, 0.5) is 0 Å². The first-order valence-electron chi connectivity index (χ1n) is 7.44. The highest BCUT2D eigenvalue weighted by Gasteiger charge is 2.28. The van der Waals surface area contributed by atoms with E-state index in [4.69, 9.17) is 9.47 Å². The molecule has 0 saturated carbocycles. The van der Waals surface area contributed by atoms with Gasteiger partial charge in [-0.3, -0.25) is 0 Å². The van der Waals surface area contributed by atoms with Crippen LogP contribution in [-0.2, 0) is 0 Å². The molecule has 1 fully saturated rings. The number of rotatable bonds is 5. The molecule has 1 aliphatic rings. The molecule has 0 amide bonds. The lowest BCUT2D eigenvalue weighted by Gasteiger charge is -2.25. The molecule has 2 aromatic carbocycles.